The van der Waals surface area contributed by atoms with Gasteiger partial charge in [-0.25, -0.2) is 9.97 Å². The molecule has 3 heterocycles. The van der Waals surface area contributed by atoms with Gasteiger partial charge in [-0.3, -0.25) is 14.8 Å². The third kappa shape index (κ3) is 4.49. The molecule has 2 aromatic rings. The van der Waals surface area contributed by atoms with Crippen molar-refractivity contribution in [1.82, 2.24) is 24.8 Å². The van der Waals surface area contributed by atoms with Gasteiger partial charge in [0.2, 0.25) is 0 Å². The second-order valence-electron chi connectivity index (χ2n) is 6.48. The number of likely N-dealkylation sites (tertiary alicyclic amines) is 1. The Morgan fingerprint density at radius 3 is 2.68 bits per heavy atom. The van der Waals surface area contributed by atoms with E-state index in [1.165, 1.54) is 0 Å². The molecule has 25 heavy (non-hydrogen) atoms. The molecule has 7 nitrogen and oxygen atoms in total. The van der Waals surface area contributed by atoms with Crippen molar-refractivity contribution in [2.45, 2.75) is 32.6 Å². The van der Waals surface area contributed by atoms with Crippen molar-refractivity contribution in [3.05, 3.63) is 41.9 Å². The van der Waals surface area contributed by atoms with Gasteiger partial charge in [0.15, 0.2) is 0 Å². The van der Waals surface area contributed by atoms with Crippen LogP contribution >= 0.6 is 0 Å². The zero-order valence-corrected chi connectivity index (χ0v) is 14.8. The molecule has 7 heteroatoms. The van der Waals surface area contributed by atoms with Gasteiger partial charge in [0.05, 0.1) is 30.0 Å². The first-order valence-corrected chi connectivity index (χ1v) is 8.72. The Bertz CT molecular complexity index is 701. The van der Waals surface area contributed by atoms with Crippen molar-refractivity contribution in [1.29, 1.82) is 0 Å². The highest BCUT2D eigenvalue weighted by Gasteiger charge is 2.23. The number of amides is 1. The summed E-state index contributed by atoms with van der Waals surface area (Å²) in [5, 5.41) is 2.98. The van der Waals surface area contributed by atoms with Gasteiger partial charge < -0.3 is 10.2 Å². The van der Waals surface area contributed by atoms with Gasteiger partial charge in [-0.2, -0.15) is 0 Å². The van der Waals surface area contributed by atoms with Gasteiger partial charge >= 0.3 is 0 Å². The topological polar surface area (TPSA) is 83.9 Å². The summed E-state index contributed by atoms with van der Waals surface area (Å²) in [6.45, 7) is 3.39. The van der Waals surface area contributed by atoms with E-state index in [2.05, 4.69) is 25.3 Å². The van der Waals surface area contributed by atoms with Crippen molar-refractivity contribution in [3.8, 4) is 0 Å². The summed E-state index contributed by atoms with van der Waals surface area (Å²) in [6, 6.07) is 0. The Labute approximate surface area is 147 Å². The van der Waals surface area contributed by atoms with E-state index in [1.54, 1.807) is 18.6 Å². The molecule has 1 N–H and O–H groups in total. The van der Waals surface area contributed by atoms with E-state index in [1.807, 2.05) is 25.1 Å². The predicted octanol–water partition coefficient (Wildman–Crippen LogP) is 2.10. The fourth-order valence-electron chi connectivity index (χ4n) is 3.12. The molecular formula is C18H24N6O. The van der Waals surface area contributed by atoms with E-state index in [4.69, 9.17) is 0 Å². The molecule has 0 bridgehead atoms. The van der Waals surface area contributed by atoms with Crippen molar-refractivity contribution >= 4 is 11.7 Å². The first-order chi connectivity index (χ1) is 12.2. The third-order valence-electron chi connectivity index (χ3n) is 4.59. The maximum atomic E-state index is 12.6. The highest BCUT2D eigenvalue weighted by Crippen LogP contribution is 2.22. The number of aryl methyl sites for hydroxylation is 1. The minimum atomic E-state index is -0.0219. The summed E-state index contributed by atoms with van der Waals surface area (Å²) >= 11 is 0. The molecule has 1 atom stereocenters. The summed E-state index contributed by atoms with van der Waals surface area (Å²) in [4.78, 5) is 31.7. The number of hydrogen-bond acceptors (Lipinski definition) is 6. The number of carbonyl (C=O) groups excluding carboxylic acids is 1. The largest absolute Gasteiger partial charge is 0.372 e. The maximum Gasteiger partial charge on any atom is 0.274 e. The highest BCUT2D eigenvalue weighted by atomic mass is 16.2. The van der Waals surface area contributed by atoms with Crippen molar-refractivity contribution < 1.29 is 4.79 Å². The molecule has 0 aliphatic carbocycles. The lowest BCUT2D eigenvalue weighted by atomic mass is 9.95. The minimum absolute atomic E-state index is 0.0219. The molecule has 1 aliphatic heterocycles. The van der Waals surface area contributed by atoms with Gasteiger partial charge in [-0.15, -0.1) is 0 Å². The summed E-state index contributed by atoms with van der Waals surface area (Å²) in [5.41, 5.74) is 2.25. The molecule has 0 unspecified atom stereocenters. The quantitative estimate of drug-likeness (QED) is 0.917. The van der Waals surface area contributed by atoms with E-state index in [-0.39, 0.29) is 5.91 Å². The molecule has 0 aromatic carbocycles. The smallest absolute Gasteiger partial charge is 0.274 e. The van der Waals surface area contributed by atoms with Crippen LogP contribution in [0.5, 0.6) is 0 Å². The van der Waals surface area contributed by atoms with Crippen LogP contribution in [0, 0.1) is 12.8 Å². The Morgan fingerprint density at radius 1 is 1.12 bits per heavy atom. The van der Waals surface area contributed by atoms with Crippen molar-refractivity contribution in [2.75, 3.05) is 25.5 Å². The van der Waals surface area contributed by atoms with Crippen LogP contribution in [0.3, 0.4) is 0 Å². The summed E-state index contributed by atoms with van der Waals surface area (Å²) in [6.07, 6.45) is 10.8. The number of nitrogens with one attached hydrogen (secondary N) is 1. The zero-order chi connectivity index (χ0) is 17.6. The van der Waals surface area contributed by atoms with Crippen molar-refractivity contribution in [2.24, 2.45) is 5.92 Å². The van der Waals surface area contributed by atoms with Crippen LogP contribution in [0.4, 0.5) is 5.82 Å². The van der Waals surface area contributed by atoms with Crippen LogP contribution in [0.1, 0.15) is 41.1 Å². The number of carbonyl (C=O) groups is 1. The Hall–Kier alpha value is -2.57. The summed E-state index contributed by atoms with van der Waals surface area (Å²) < 4.78 is 0. The van der Waals surface area contributed by atoms with Crippen molar-refractivity contribution in [3.63, 3.8) is 0 Å². The molecule has 2 aromatic heterocycles. The summed E-state index contributed by atoms with van der Waals surface area (Å²) in [5.74, 6) is 1.28. The van der Waals surface area contributed by atoms with Gasteiger partial charge in [-0.05, 0) is 38.5 Å². The molecule has 3 rings (SSSR count). The lowest BCUT2D eigenvalue weighted by Crippen LogP contribution is -2.32. The molecule has 1 amide bonds. The van der Waals surface area contributed by atoms with E-state index >= 15 is 0 Å². The highest BCUT2D eigenvalue weighted by molar-refractivity contribution is 5.92. The zero-order valence-electron chi connectivity index (χ0n) is 14.8. The van der Waals surface area contributed by atoms with Crippen LogP contribution in [-0.2, 0) is 6.42 Å². The molecule has 1 aliphatic rings. The number of hydrogen-bond donors (Lipinski definition) is 1. The molecule has 1 fully saturated rings. The average molecular weight is 340 g/mol. The lowest BCUT2D eigenvalue weighted by molar-refractivity contribution is 0.0753. The second kappa shape index (κ2) is 8.00. The number of nitrogens with zero attached hydrogens (tertiary/aromatic N) is 5. The van der Waals surface area contributed by atoms with Gasteiger partial charge in [-0.1, -0.05) is 0 Å². The van der Waals surface area contributed by atoms with Gasteiger partial charge in [0.1, 0.15) is 11.5 Å². The SMILES string of the molecule is CNc1cnc(C[C@H]2CCCN(C(=O)c3cnc(C)cn3)CC2)cn1. The Kier molecular flexibility index (Phi) is 5.53. The number of rotatable bonds is 4. The van der Waals surface area contributed by atoms with Crippen LogP contribution < -0.4 is 5.32 Å². The summed E-state index contributed by atoms with van der Waals surface area (Å²) in [7, 11) is 1.83. The Morgan fingerprint density at radius 2 is 2.00 bits per heavy atom. The number of anilines is 1. The molecule has 1 saturated heterocycles. The third-order valence-corrected chi connectivity index (χ3v) is 4.59. The Balaban J connectivity index is 1.57. The first-order valence-electron chi connectivity index (χ1n) is 8.72. The van der Waals surface area contributed by atoms with E-state index < -0.39 is 0 Å². The fraction of sp³-hybridized carbons (Fsp3) is 0.500. The lowest BCUT2D eigenvalue weighted by Gasteiger charge is -2.20. The first kappa shape index (κ1) is 17.3. The second-order valence-corrected chi connectivity index (χ2v) is 6.48. The van der Waals surface area contributed by atoms with E-state index in [9.17, 15) is 4.79 Å². The number of aromatic nitrogens is 4. The van der Waals surface area contributed by atoms with Gasteiger partial charge in [0, 0.05) is 26.3 Å². The normalized spacial score (nSPS) is 17.8. The van der Waals surface area contributed by atoms with Gasteiger partial charge in [0.25, 0.3) is 5.91 Å². The predicted molar refractivity (Wildman–Crippen MR) is 95.3 cm³/mol. The molecule has 0 spiro atoms. The van der Waals surface area contributed by atoms with E-state index in [0.717, 1.165) is 56.0 Å². The molecule has 0 saturated carbocycles. The minimum Gasteiger partial charge on any atom is -0.372 e. The standard InChI is InChI=1S/C18H24N6O/c1-13-9-22-16(11-20-13)18(25)24-6-3-4-14(5-7-24)8-15-10-23-17(19-2)12-21-15/h9-12,14H,3-8H2,1-2H3,(H,19,23)/t14-/m0/s1. The van der Waals surface area contributed by atoms with Crippen LogP contribution in [0.15, 0.2) is 24.8 Å². The van der Waals surface area contributed by atoms with Crippen LogP contribution in [0.2, 0.25) is 0 Å². The molecular weight excluding hydrogens is 316 g/mol. The molecule has 132 valence electrons. The van der Waals surface area contributed by atoms with E-state index in [0.29, 0.717) is 11.6 Å². The fourth-order valence-corrected chi connectivity index (χ4v) is 3.12. The molecule has 0 radical (unpaired) electrons. The maximum absolute atomic E-state index is 12.6. The monoisotopic (exact) mass is 340 g/mol. The average Bonchev–Trinajstić information content (AvgIpc) is 2.88. The van der Waals surface area contributed by atoms with Crippen LogP contribution in [0.25, 0.3) is 0 Å². The van der Waals surface area contributed by atoms with Crippen LogP contribution in [-0.4, -0.2) is 50.9 Å².